The first-order valence-electron chi connectivity index (χ1n) is 7.14. The number of hydrogen-bond donors (Lipinski definition) is 1. The Labute approximate surface area is 109 Å². The lowest BCUT2D eigenvalue weighted by atomic mass is 9.95. The molecule has 1 nitrogen and oxygen atoms in total. The number of hydrogen-bond acceptors (Lipinski definition) is 2. The molecule has 1 aromatic rings. The van der Waals surface area contributed by atoms with E-state index in [0.717, 1.165) is 11.8 Å². The predicted octanol–water partition coefficient (Wildman–Crippen LogP) is 4.37. The first-order valence-corrected chi connectivity index (χ1v) is 8.02. The van der Waals surface area contributed by atoms with Crippen molar-refractivity contribution in [3.05, 3.63) is 22.4 Å². The Morgan fingerprint density at radius 2 is 1.94 bits per heavy atom. The highest BCUT2D eigenvalue weighted by molar-refractivity contribution is 7.10. The van der Waals surface area contributed by atoms with E-state index < -0.39 is 0 Å². The van der Waals surface area contributed by atoms with Crippen LogP contribution in [-0.4, -0.2) is 6.04 Å². The molecule has 0 radical (unpaired) electrons. The lowest BCUT2D eigenvalue weighted by Crippen LogP contribution is -2.35. The molecule has 0 bridgehead atoms. The third-order valence-corrected chi connectivity index (χ3v) is 5.45. The highest BCUT2D eigenvalue weighted by Gasteiger charge is 2.33. The van der Waals surface area contributed by atoms with Gasteiger partial charge in [-0.25, -0.2) is 0 Å². The zero-order valence-corrected chi connectivity index (χ0v) is 11.5. The van der Waals surface area contributed by atoms with E-state index in [4.69, 9.17) is 0 Å². The third-order valence-electron chi connectivity index (χ3n) is 4.49. The summed E-state index contributed by atoms with van der Waals surface area (Å²) in [6, 6.07) is 5.86. The number of nitrogens with one attached hydrogen (secondary N) is 1. The van der Waals surface area contributed by atoms with Crippen LogP contribution in [0.3, 0.4) is 0 Å². The van der Waals surface area contributed by atoms with Crippen LogP contribution in [0.15, 0.2) is 17.5 Å². The summed E-state index contributed by atoms with van der Waals surface area (Å²) in [6.07, 6.45) is 8.60. The molecule has 2 heteroatoms. The second-order valence-corrected chi connectivity index (χ2v) is 6.81. The van der Waals surface area contributed by atoms with Crippen LogP contribution in [-0.2, 0) is 0 Å². The molecule has 2 saturated carbocycles. The van der Waals surface area contributed by atoms with Gasteiger partial charge in [-0.05, 0) is 55.9 Å². The van der Waals surface area contributed by atoms with E-state index in [0.29, 0.717) is 12.1 Å². The molecule has 2 aliphatic carbocycles. The van der Waals surface area contributed by atoms with Crippen LogP contribution in [0.2, 0.25) is 0 Å². The van der Waals surface area contributed by atoms with E-state index in [1.54, 1.807) is 4.88 Å². The van der Waals surface area contributed by atoms with Gasteiger partial charge in [-0.2, -0.15) is 0 Å². The van der Waals surface area contributed by atoms with Gasteiger partial charge in [0.2, 0.25) is 0 Å². The van der Waals surface area contributed by atoms with Crippen molar-refractivity contribution in [3.8, 4) is 0 Å². The first kappa shape index (κ1) is 11.7. The van der Waals surface area contributed by atoms with Crippen molar-refractivity contribution in [1.82, 2.24) is 5.32 Å². The van der Waals surface area contributed by atoms with E-state index in [2.05, 4.69) is 29.8 Å². The molecule has 1 N–H and O–H groups in total. The molecule has 0 spiro atoms. The summed E-state index contributed by atoms with van der Waals surface area (Å²) >= 11 is 1.93. The van der Waals surface area contributed by atoms with Gasteiger partial charge in [-0.15, -0.1) is 11.3 Å². The molecule has 2 fully saturated rings. The van der Waals surface area contributed by atoms with Crippen molar-refractivity contribution in [3.63, 3.8) is 0 Å². The van der Waals surface area contributed by atoms with Crippen LogP contribution >= 0.6 is 11.3 Å². The lowest BCUT2D eigenvalue weighted by molar-refractivity contribution is 0.325. The zero-order chi connectivity index (χ0) is 11.7. The fourth-order valence-electron chi connectivity index (χ4n) is 3.23. The maximum absolute atomic E-state index is 3.93. The summed E-state index contributed by atoms with van der Waals surface area (Å²) in [5, 5.41) is 6.16. The summed E-state index contributed by atoms with van der Waals surface area (Å²) in [6.45, 7) is 2.38. The van der Waals surface area contributed by atoms with Crippen molar-refractivity contribution in [2.24, 2.45) is 11.8 Å². The minimum Gasteiger partial charge on any atom is -0.306 e. The van der Waals surface area contributed by atoms with Crippen molar-refractivity contribution in [1.29, 1.82) is 0 Å². The van der Waals surface area contributed by atoms with Crippen LogP contribution in [0.5, 0.6) is 0 Å². The molecule has 2 atom stereocenters. The van der Waals surface area contributed by atoms with Crippen LogP contribution in [0.25, 0.3) is 0 Å². The van der Waals surface area contributed by atoms with E-state index in [9.17, 15) is 0 Å². The number of thiophene rings is 1. The molecular formula is C15H23NS. The Hall–Kier alpha value is -0.340. The van der Waals surface area contributed by atoms with Crippen LogP contribution in [0.4, 0.5) is 0 Å². The van der Waals surface area contributed by atoms with Gasteiger partial charge < -0.3 is 5.32 Å². The molecule has 2 aliphatic rings. The summed E-state index contributed by atoms with van der Waals surface area (Å²) in [4.78, 5) is 1.56. The monoisotopic (exact) mass is 249 g/mol. The summed E-state index contributed by atoms with van der Waals surface area (Å²) in [5.41, 5.74) is 0. The highest BCUT2D eigenvalue weighted by Crippen LogP contribution is 2.40. The Balaban J connectivity index is 1.70. The maximum atomic E-state index is 3.93. The molecule has 1 aromatic heterocycles. The Kier molecular flexibility index (Phi) is 3.53. The fraction of sp³-hybridized carbons (Fsp3) is 0.733. The summed E-state index contributed by atoms with van der Waals surface area (Å²) < 4.78 is 0. The zero-order valence-electron chi connectivity index (χ0n) is 10.7. The normalized spacial score (nSPS) is 25.0. The van der Waals surface area contributed by atoms with Gasteiger partial charge in [0.25, 0.3) is 0 Å². The Bertz CT molecular complexity index is 336. The molecule has 0 saturated heterocycles. The van der Waals surface area contributed by atoms with E-state index >= 15 is 0 Å². The summed E-state index contributed by atoms with van der Waals surface area (Å²) in [5.74, 6) is 1.84. The predicted molar refractivity (Wildman–Crippen MR) is 74.3 cm³/mol. The molecular weight excluding hydrogens is 226 g/mol. The van der Waals surface area contributed by atoms with E-state index in [1.807, 2.05) is 11.3 Å². The molecule has 0 amide bonds. The molecule has 2 unspecified atom stereocenters. The van der Waals surface area contributed by atoms with Crippen molar-refractivity contribution in [2.75, 3.05) is 0 Å². The van der Waals surface area contributed by atoms with E-state index in [1.165, 1.54) is 38.5 Å². The van der Waals surface area contributed by atoms with Gasteiger partial charge in [0.1, 0.15) is 0 Å². The van der Waals surface area contributed by atoms with Crippen molar-refractivity contribution >= 4 is 11.3 Å². The average Bonchev–Trinajstić information content (AvgIpc) is 2.84. The van der Waals surface area contributed by atoms with Crippen molar-refractivity contribution < 1.29 is 0 Å². The highest BCUT2D eigenvalue weighted by atomic mass is 32.1. The molecule has 17 heavy (non-hydrogen) atoms. The molecule has 1 heterocycles. The fourth-order valence-corrected chi connectivity index (χ4v) is 4.10. The van der Waals surface area contributed by atoms with Gasteiger partial charge in [0.15, 0.2) is 0 Å². The minimum absolute atomic E-state index is 0.632. The van der Waals surface area contributed by atoms with Crippen LogP contribution in [0, 0.1) is 11.8 Å². The third kappa shape index (κ3) is 2.74. The second-order valence-electron chi connectivity index (χ2n) is 5.83. The Morgan fingerprint density at radius 3 is 2.53 bits per heavy atom. The van der Waals surface area contributed by atoms with Gasteiger partial charge in [0, 0.05) is 17.0 Å². The van der Waals surface area contributed by atoms with Gasteiger partial charge in [-0.3, -0.25) is 0 Å². The quantitative estimate of drug-likeness (QED) is 0.817. The lowest BCUT2D eigenvalue weighted by Gasteiger charge is -2.27. The second kappa shape index (κ2) is 5.11. The summed E-state index contributed by atoms with van der Waals surface area (Å²) in [7, 11) is 0. The maximum Gasteiger partial charge on any atom is 0.0445 e. The van der Waals surface area contributed by atoms with Gasteiger partial charge in [-0.1, -0.05) is 18.9 Å². The minimum atomic E-state index is 0.632. The Morgan fingerprint density at radius 1 is 1.18 bits per heavy atom. The SMILES string of the molecule is CC(NC(c1cccs1)C1CCCC1)C1CC1. The molecule has 0 aromatic carbocycles. The first-order chi connectivity index (χ1) is 8.34. The van der Waals surface area contributed by atoms with Crippen molar-refractivity contribution in [2.45, 2.75) is 57.5 Å². The van der Waals surface area contributed by atoms with Crippen LogP contribution in [0.1, 0.15) is 56.4 Å². The molecule has 3 rings (SSSR count). The van der Waals surface area contributed by atoms with E-state index in [-0.39, 0.29) is 0 Å². The standard InChI is InChI=1S/C15H23NS/c1-11(12-8-9-12)16-15(13-5-2-3-6-13)14-7-4-10-17-14/h4,7,10-13,15-16H,2-3,5-6,8-9H2,1H3. The largest absolute Gasteiger partial charge is 0.306 e. The molecule has 94 valence electrons. The van der Waals surface area contributed by atoms with Gasteiger partial charge >= 0.3 is 0 Å². The number of rotatable bonds is 5. The molecule has 0 aliphatic heterocycles. The van der Waals surface area contributed by atoms with Crippen LogP contribution < -0.4 is 5.32 Å². The smallest absolute Gasteiger partial charge is 0.0445 e. The topological polar surface area (TPSA) is 12.0 Å². The van der Waals surface area contributed by atoms with Gasteiger partial charge in [0.05, 0.1) is 0 Å². The average molecular weight is 249 g/mol.